The lowest BCUT2D eigenvalue weighted by molar-refractivity contribution is -0.153. The molecule has 1 aliphatic heterocycles. The van der Waals surface area contributed by atoms with Crippen LogP contribution in [0.3, 0.4) is 0 Å². The Labute approximate surface area is 165 Å². The van der Waals surface area contributed by atoms with Gasteiger partial charge in [0.05, 0.1) is 12.5 Å². The molecule has 2 atom stereocenters. The molecule has 2 amide bonds. The van der Waals surface area contributed by atoms with Gasteiger partial charge in [-0.15, -0.1) is 11.3 Å². The molecule has 1 saturated heterocycles. The number of hydrogen-bond acceptors (Lipinski definition) is 7. The highest BCUT2D eigenvalue weighted by Gasteiger charge is 2.48. The summed E-state index contributed by atoms with van der Waals surface area (Å²) < 4.78 is 6.52. The molecule has 1 aromatic heterocycles. The topological polar surface area (TPSA) is 113 Å². The van der Waals surface area contributed by atoms with Gasteiger partial charge in [0.1, 0.15) is 11.8 Å². The molecule has 11 heteroatoms. The molecule has 0 bridgehead atoms. The van der Waals surface area contributed by atoms with Crippen LogP contribution in [-0.2, 0) is 30.3 Å². The molecule has 1 fully saturated rings. The highest BCUT2D eigenvalue weighted by atomic mass is 127. The molecule has 2 unspecified atom stereocenters. The van der Waals surface area contributed by atoms with E-state index in [1.807, 2.05) is 17.5 Å². The number of amides is 2. The fourth-order valence-electron chi connectivity index (χ4n) is 2.09. The lowest BCUT2D eigenvalue weighted by Crippen LogP contribution is -2.69. The first-order chi connectivity index (χ1) is 11.9. The van der Waals surface area contributed by atoms with Crippen molar-refractivity contribution in [3.8, 4) is 0 Å². The maximum Gasteiger partial charge on any atom is 0.341 e. The molecule has 1 aliphatic rings. The average molecular weight is 498 g/mol. The van der Waals surface area contributed by atoms with Crippen molar-refractivity contribution in [2.45, 2.75) is 18.5 Å². The number of aliphatic carboxylic acids is 1. The molecule has 0 saturated carbocycles. The second-order valence-electron chi connectivity index (χ2n) is 5.01. The van der Waals surface area contributed by atoms with Crippen LogP contribution in [0.15, 0.2) is 17.5 Å². The smallest absolute Gasteiger partial charge is 0.341 e. The first-order valence-electron chi connectivity index (χ1n) is 7.13. The Morgan fingerprint density at radius 1 is 1.44 bits per heavy atom. The summed E-state index contributed by atoms with van der Waals surface area (Å²) in [5.74, 6) is -2.62. The van der Waals surface area contributed by atoms with Crippen molar-refractivity contribution >= 4 is 69.6 Å². The minimum Gasteiger partial charge on any atom is -0.479 e. The molecular formula is C14H15IN2O6S2. The van der Waals surface area contributed by atoms with Crippen molar-refractivity contribution in [3.05, 3.63) is 22.4 Å². The third-order valence-electron chi connectivity index (χ3n) is 3.24. The van der Waals surface area contributed by atoms with Crippen molar-refractivity contribution in [2.24, 2.45) is 0 Å². The Hall–Kier alpha value is -1.34. The van der Waals surface area contributed by atoms with Crippen LogP contribution in [0.2, 0.25) is 0 Å². The van der Waals surface area contributed by atoms with Crippen LogP contribution in [0.25, 0.3) is 0 Å². The number of esters is 1. The molecule has 0 radical (unpaired) electrons. The van der Waals surface area contributed by atoms with E-state index in [-0.39, 0.29) is 30.0 Å². The quantitative estimate of drug-likeness (QED) is 0.170. The van der Waals surface area contributed by atoms with E-state index in [4.69, 9.17) is 5.11 Å². The maximum absolute atomic E-state index is 12.2. The Kier molecular flexibility index (Phi) is 7.50. The maximum atomic E-state index is 12.2. The van der Waals surface area contributed by atoms with Gasteiger partial charge in [0.25, 0.3) is 5.91 Å². The predicted molar refractivity (Wildman–Crippen MR) is 101 cm³/mol. The van der Waals surface area contributed by atoms with Crippen molar-refractivity contribution in [1.29, 1.82) is 0 Å². The van der Waals surface area contributed by atoms with Gasteiger partial charge in [-0.2, -0.15) is 0 Å². The first-order valence-corrected chi connectivity index (χ1v) is 10.5. The summed E-state index contributed by atoms with van der Waals surface area (Å²) in [6.07, 6.45) is 0.226. The number of halogens is 1. The molecule has 0 aromatic carbocycles. The van der Waals surface area contributed by atoms with E-state index in [1.165, 1.54) is 15.6 Å². The number of ether oxygens (including phenoxy) is 1. The van der Waals surface area contributed by atoms with Gasteiger partial charge in [0.15, 0.2) is 6.61 Å². The molecule has 25 heavy (non-hydrogen) atoms. The van der Waals surface area contributed by atoms with Crippen LogP contribution in [-0.4, -0.2) is 62.0 Å². The number of alkyl halides is 1. The van der Waals surface area contributed by atoms with E-state index < -0.39 is 24.6 Å². The first kappa shape index (κ1) is 20.0. The van der Waals surface area contributed by atoms with Crippen molar-refractivity contribution in [1.82, 2.24) is 9.62 Å². The molecule has 2 N–H and O–H groups in total. The van der Waals surface area contributed by atoms with Crippen LogP contribution in [0.5, 0.6) is 0 Å². The predicted octanol–water partition coefficient (Wildman–Crippen LogP) is 0.697. The number of carbonyl (C=O) groups is 4. The number of nitrogens with one attached hydrogen (secondary N) is 1. The second kappa shape index (κ2) is 9.38. The zero-order valence-corrected chi connectivity index (χ0v) is 16.6. The fraction of sp³-hybridized carbons (Fsp3) is 0.429. The number of carboxylic acids is 1. The van der Waals surface area contributed by atoms with Crippen LogP contribution < -0.4 is 5.32 Å². The molecule has 8 nitrogen and oxygen atoms in total. The summed E-state index contributed by atoms with van der Waals surface area (Å²) in [5, 5.41) is 13.0. The van der Waals surface area contributed by atoms with Crippen LogP contribution in [0, 0.1) is 0 Å². The normalized spacial score (nSPS) is 19.2. The van der Waals surface area contributed by atoms with E-state index in [1.54, 1.807) is 0 Å². The fourth-order valence-corrected chi connectivity index (χ4v) is 4.92. The number of carboxylic acid groups (broad SMARTS) is 1. The number of nitrogens with zero attached hydrogens (tertiary/aromatic N) is 1. The number of rotatable bonds is 9. The van der Waals surface area contributed by atoms with Gasteiger partial charge in [-0.05, 0) is 23.4 Å². The molecule has 1 aromatic rings. The van der Waals surface area contributed by atoms with Gasteiger partial charge >= 0.3 is 11.9 Å². The van der Waals surface area contributed by atoms with E-state index >= 15 is 0 Å². The minimum absolute atomic E-state index is 0.165. The highest BCUT2D eigenvalue weighted by Crippen LogP contribution is 2.30. The lowest BCUT2D eigenvalue weighted by Gasteiger charge is -2.45. The zero-order valence-electron chi connectivity index (χ0n) is 12.8. The summed E-state index contributed by atoms with van der Waals surface area (Å²) >= 11 is 4.54. The molecule has 2 heterocycles. The summed E-state index contributed by atoms with van der Waals surface area (Å²) in [4.78, 5) is 46.9. The largest absolute Gasteiger partial charge is 0.479 e. The van der Waals surface area contributed by atoms with E-state index in [0.717, 1.165) is 16.8 Å². The van der Waals surface area contributed by atoms with Crippen LogP contribution >= 0.6 is 45.9 Å². The monoisotopic (exact) mass is 498 g/mol. The summed E-state index contributed by atoms with van der Waals surface area (Å²) in [6.45, 7) is -0.704. The minimum atomic E-state index is -1.24. The van der Waals surface area contributed by atoms with Gasteiger partial charge in [0, 0.05) is 9.30 Å². The van der Waals surface area contributed by atoms with E-state index in [9.17, 15) is 19.2 Å². The van der Waals surface area contributed by atoms with E-state index in [2.05, 4.69) is 32.6 Å². The van der Waals surface area contributed by atoms with Crippen molar-refractivity contribution in [3.63, 3.8) is 0 Å². The second-order valence-corrected chi connectivity index (χ2v) is 7.87. The highest BCUT2D eigenvalue weighted by molar-refractivity contribution is 14.1. The van der Waals surface area contributed by atoms with Gasteiger partial charge in [0.2, 0.25) is 5.91 Å². The molecule has 136 valence electrons. The van der Waals surface area contributed by atoms with Gasteiger partial charge in [-0.1, -0.05) is 28.7 Å². The summed E-state index contributed by atoms with van der Waals surface area (Å²) in [5.41, 5.74) is 0. The summed E-state index contributed by atoms with van der Waals surface area (Å²) in [7, 11) is 0. The Bertz CT molecular complexity index is 654. The van der Waals surface area contributed by atoms with Crippen molar-refractivity contribution in [2.75, 3.05) is 16.8 Å². The van der Waals surface area contributed by atoms with Gasteiger partial charge in [-0.3, -0.25) is 18.7 Å². The van der Waals surface area contributed by atoms with Crippen LogP contribution in [0.1, 0.15) is 4.88 Å². The zero-order chi connectivity index (χ0) is 18.4. The van der Waals surface area contributed by atoms with Crippen molar-refractivity contribution < 1.29 is 29.0 Å². The molecule has 0 spiro atoms. The Morgan fingerprint density at radius 2 is 2.20 bits per heavy atom. The summed E-state index contributed by atoms with van der Waals surface area (Å²) in [6, 6.07) is 2.88. The number of thiophene rings is 1. The third-order valence-corrected chi connectivity index (χ3v) is 6.11. The number of hydrogen-bond donors (Lipinski definition) is 2. The SMILES string of the molecule is O=C(O)COC(=O)CSN1C(=O)C(NC(=O)Cc2cccs2)C1CI. The van der Waals surface area contributed by atoms with E-state index in [0.29, 0.717) is 4.43 Å². The van der Waals surface area contributed by atoms with Gasteiger partial charge < -0.3 is 15.2 Å². The Balaban J connectivity index is 1.79. The average Bonchev–Trinajstić information content (AvgIpc) is 3.07. The van der Waals surface area contributed by atoms with Crippen LogP contribution in [0.4, 0.5) is 0 Å². The molecule has 0 aliphatic carbocycles. The standard InChI is InChI=1S/C14H15IN2O6S2/c15-5-9-13(16-10(18)4-8-2-1-3-24-8)14(22)17(9)25-7-12(21)23-6-11(19)20/h1-3,9,13H,4-7H2,(H,16,18)(H,19,20). The number of β-lactam (4-membered cyclic amide) rings is 1. The third kappa shape index (κ3) is 5.57. The Morgan fingerprint density at radius 3 is 2.80 bits per heavy atom. The molecular weight excluding hydrogens is 483 g/mol. The molecule has 2 rings (SSSR count). The number of carbonyl (C=O) groups excluding carboxylic acids is 3. The van der Waals surface area contributed by atoms with Gasteiger partial charge in [-0.25, -0.2) is 4.79 Å². The lowest BCUT2D eigenvalue weighted by atomic mass is 10.0.